The van der Waals surface area contributed by atoms with Gasteiger partial charge >= 0.3 is 11.1 Å². The van der Waals surface area contributed by atoms with Gasteiger partial charge in [0.15, 0.2) is 5.65 Å². The van der Waals surface area contributed by atoms with Gasteiger partial charge in [0, 0.05) is 17.6 Å². The molecule has 124 valence electrons. The predicted octanol–water partition coefficient (Wildman–Crippen LogP) is 0.956. The highest BCUT2D eigenvalue weighted by Gasteiger charge is 2.15. The summed E-state index contributed by atoms with van der Waals surface area (Å²) in [4.78, 5) is 41.9. The highest BCUT2D eigenvalue weighted by Crippen LogP contribution is 2.08. The number of amides is 1. The van der Waals surface area contributed by atoms with Crippen molar-refractivity contribution in [3.63, 3.8) is 0 Å². The van der Waals surface area contributed by atoms with Gasteiger partial charge in [-0.25, -0.2) is 4.98 Å². The second kappa shape index (κ2) is 6.79. The van der Waals surface area contributed by atoms with E-state index in [1.807, 2.05) is 17.5 Å². The molecule has 0 unspecified atom stereocenters. The summed E-state index contributed by atoms with van der Waals surface area (Å²) < 4.78 is 2.50. The number of pyridine rings is 1. The Bertz CT molecular complexity index is 989. The zero-order valence-corrected chi connectivity index (χ0v) is 13.9. The molecule has 0 saturated heterocycles. The van der Waals surface area contributed by atoms with E-state index in [0.717, 1.165) is 4.88 Å². The van der Waals surface area contributed by atoms with Crippen LogP contribution in [0.4, 0.5) is 0 Å². The molecule has 24 heavy (non-hydrogen) atoms. The maximum Gasteiger partial charge on any atom is 0.318 e. The van der Waals surface area contributed by atoms with E-state index < -0.39 is 11.1 Å². The Balaban J connectivity index is 1.94. The number of nitrogens with zero attached hydrogens (tertiary/aromatic N) is 3. The molecule has 0 aliphatic heterocycles. The van der Waals surface area contributed by atoms with Crippen LogP contribution in [0.25, 0.3) is 11.2 Å². The van der Waals surface area contributed by atoms with E-state index in [-0.39, 0.29) is 12.5 Å². The molecule has 0 aliphatic rings. The van der Waals surface area contributed by atoms with Crippen LogP contribution in [-0.4, -0.2) is 20.0 Å². The topological polar surface area (TPSA) is 86.0 Å². The van der Waals surface area contributed by atoms with E-state index in [1.165, 1.54) is 20.5 Å². The molecule has 0 atom stereocenters. The van der Waals surface area contributed by atoms with Crippen molar-refractivity contribution in [1.29, 1.82) is 0 Å². The van der Waals surface area contributed by atoms with Gasteiger partial charge in [-0.05, 0) is 30.5 Å². The number of rotatable bonds is 5. The lowest BCUT2D eigenvalue weighted by atomic mass is 10.3. The Labute approximate surface area is 141 Å². The third-order valence-corrected chi connectivity index (χ3v) is 4.52. The lowest BCUT2D eigenvalue weighted by Crippen LogP contribution is -2.43. The second-order valence-corrected chi connectivity index (χ2v) is 6.18. The van der Waals surface area contributed by atoms with Gasteiger partial charge in [0.05, 0.1) is 12.1 Å². The summed E-state index contributed by atoms with van der Waals surface area (Å²) in [5.41, 5.74) is -0.524. The molecule has 0 saturated carbocycles. The fourth-order valence-electron chi connectivity index (χ4n) is 2.49. The number of thiophene rings is 1. The minimum Gasteiger partial charge on any atom is -0.350 e. The summed E-state index contributed by atoms with van der Waals surface area (Å²) in [6.07, 6.45) is 1.56. The lowest BCUT2D eigenvalue weighted by molar-refractivity contribution is -0.121. The van der Waals surface area contributed by atoms with Crippen LogP contribution in [0.2, 0.25) is 0 Å². The minimum atomic E-state index is -0.719. The van der Waals surface area contributed by atoms with Crippen LogP contribution in [0.3, 0.4) is 0 Å². The summed E-state index contributed by atoms with van der Waals surface area (Å²) in [6, 6.07) is 7.17. The highest BCUT2D eigenvalue weighted by atomic mass is 32.1. The molecule has 0 aliphatic carbocycles. The molecule has 3 aromatic rings. The van der Waals surface area contributed by atoms with Crippen molar-refractivity contribution in [2.24, 2.45) is 0 Å². The Morgan fingerprint density at radius 1 is 1.21 bits per heavy atom. The third-order valence-electron chi connectivity index (χ3n) is 3.64. The first-order chi connectivity index (χ1) is 11.6. The molecule has 7 nitrogen and oxygen atoms in total. The minimum absolute atomic E-state index is 0.216. The van der Waals surface area contributed by atoms with Gasteiger partial charge < -0.3 is 5.32 Å². The van der Waals surface area contributed by atoms with Gasteiger partial charge in [0.1, 0.15) is 6.54 Å². The van der Waals surface area contributed by atoms with Crippen molar-refractivity contribution >= 4 is 28.4 Å². The zero-order valence-electron chi connectivity index (χ0n) is 13.1. The maximum absolute atomic E-state index is 12.4. The number of hydrogen-bond donors (Lipinski definition) is 1. The predicted molar refractivity (Wildman–Crippen MR) is 92.1 cm³/mol. The van der Waals surface area contributed by atoms with Gasteiger partial charge in [-0.2, -0.15) is 0 Å². The summed E-state index contributed by atoms with van der Waals surface area (Å²) in [5, 5.41) is 4.68. The van der Waals surface area contributed by atoms with Gasteiger partial charge in [-0.15, -0.1) is 11.3 Å². The molecule has 0 aromatic carbocycles. The molecule has 0 fully saturated rings. The van der Waals surface area contributed by atoms with Gasteiger partial charge in [-0.3, -0.25) is 23.5 Å². The van der Waals surface area contributed by atoms with E-state index in [1.54, 1.807) is 25.3 Å². The van der Waals surface area contributed by atoms with E-state index >= 15 is 0 Å². The number of fused-ring (bicyclic) bond motifs is 1. The normalized spacial score (nSPS) is 10.9. The van der Waals surface area contributed by atoms with E-state index in [2.05, 4.69) is 10.3 Å². The van der Waals surface area contributed by atoms with Gasteiger partial charge in [0.25, 0.3) is 0 Å². The quantitative estimate of drug-likeness (QED) is 0.699. The van der Waals surface area contributed by atoms with Crippen LogP contribution in [0.1, 0.15) is 11.8 Å². The molecule has 0 spiro atoms. The van der Waals surface area contributed by atoms with Crippen molar-refractivity contribution in [2.75, 3.05) is 0 Å². The Morgan fingerprint density at radius 3 is 2.71 bits per heavy atom. The van der Waals surface area contributed by atoms with Crippen LogP contribution in [0.5, 0.6) is 0 Å². The highest BCUT2D eigenvalue weighted by molar-refractivity contribution is 7.09. The molecular formula is C16H16N4O3S. The Morgan fingerprint density at radius 2 is 2.00 bits per heavy atom. The average molecular weight is 344 g/mol. The standard InChI is InChI=1S/C16H16N4O3S/c1-2-19-14-12(6-3-7-17-14)20(16(23)15(19)22)10-13(21)18-9-11-5-4-8-24-11/h3-8H,2,9-10H2,1H3,(H,18,21). The molecule has 3 aromatic heterocycles. The van der Waals surface area contributed by atoms with Gasteiger partial charge in [0.2, 0.25) is 5.91 Å². The Kier molecular flexibility index (Phi) is 4.57. The number of nitrogens with one attached hydrogen (secondary N) is 1. The summed E-state index contributed by atoms with van der Waals surface area (Å²) >= 11 is 1.54. The molecule has 3 rings (SSSR count). The smallest absolute Gasteiger partial charge is 0.318 e. The molecule has 1 amide bonds. The molecule has 0 bridgehead atoms. The van der Waals surface area contributed by atoms with Crippen LogP contribution < -0.4 is 16.4 Å². The number of carbonyl (C=O) groups is 1. The largest absolute Gasteiger partial charge is 0.350 e. The van der Waals surface area contributed by atoms with E-state index in [0.29, 0.717) is 24.3 Å². The summed E-state index contributed by atoms with van der Waals surface area (Å²) in [5.74, 6) is -0.329. The fourth-order valence-corrected chi connectivity index (χ4v) is 3.14. The van der Waals surface area contributed by atoms with Crippen LogP contribution in [-0.2, 0) is 24.4 Å². The summed E-state index contributed by atoms with van der Waals surface area (Å²) in [7, 11) is 0. The van der Waals surface area contributed by atoms with Crippen molar-refractivity contribution in [3.8, 4) is 0 Å². The molecule has 8 heteroatoms. The second-order valence-electron chi connectivity index (χ2n) is 5.14. The maximum atomic E-state index is 12.4. The number of aryl methyl sites for hydroxylation is 1. The average Bonchev–Trinajstić information content (AvgIpc) is 3.11. The molecule has 0 radical (unpaired) electrons. The van der Waals surface area contributed by atoms with Crippen LogP contribution in [0, 0.1) is 0 Å². The molecular weight excluding hydrogens is 328 g/mol. The number of hydrogen-bond acceptors (Lipinski definition) is 5. The van der Waals surface area contributed by atoms with Crippen LogP contribution >= 0.6 is 11.3 Å². The third kappa shape index (κ3) is 3.00. The first kappa shape index (κ1) is 16.1. The molecule has 1 N–H and O–H groups in total. The zero-order chi connectivity index (χ0) is 17.1. The van der Waals surface area contributed by atoms with E-state index in [4.69, 9.17) is 0 Å². The van der Waals surface area contributed by atoms with Crippen molar-refractivity contribution in [3.05, 3.63) is 61.4 Å². The van der Waals surface area contributed by atoms with Crippen LogP contribution in [0.15, 0.2) is 45.4 Å². The van der Waals surface area contributed by atoms with Crippen molar-refractivity contribution in [1.82, 2.24) is 19.4 Å². The lowest BCUT2D eigenvalue weighted by Gasteiger charge is -2.12. The van der Waals surface area contributed by atoms with Gasteiger partial charge in [-0.1, -0.05) is 6.07 Å². The first-order valence-electron chi connectivity index (χ1n) is 7.49. The number of aromatic nitrogens is 3. The molecule has 3 heterocycles. The van der Waals surface area contributed by atoms with Crippen molar-refractivity contribution in [2.45, 2.75) is 26.6 Å². The Hall–Kier alpha value is -2.74. The summed E-state index contributed by atoms with van der Waals surface area (Å²) in [6.45, 7) is 2.29. The monoisotopic (exact) mass is 344 g/mol. The van der Waals surface area contributed by atoms with E-state index in [9.17, 15) is 14.4 Å². The fraction of sp³-hybridized carbons (Fsp3) is 0.250. The number of carbonyl (C=O) groups excluding carboxylic acids is 1. The first-order valence-corrected chi connectivity index (χ1v) is 8.37. The SMILES string of the molecule is CCn1c(=O)c(=O)n(CC(=O)NCc2cccs2)c2cccnc21. The van der Waals surface area contributed by atoms with Crippen molar-refractivity contribution < 1.29 is 4.79 Å².